The van der Waals surface area contributed by atoms with Crippen LogP contribution >= 0.6 is 0 Å². The molecule has 0 spiro atoms. The van der Waals surface area contributed by atoms with Crippen LogP contribution in [0.1, 0.15) is 17.3 Å². The Labute approximate surface area is 185 Å². The number of anilines is 1. The van der Waals surface area contributed by atoms with Crippen LogP contribution in [0.25, 0.3) is 28.0 Å². The summed E-state index contributed by atoms with van der Waals surface area (Å²) in [5, 5.41) is 2.76. The molecule has 0 aliphatic carbocycles. The summed E-state index contributed by atoms with van der Waals surface area (Å²) in [5.74, 6) is 3.33. The molecule has 0 bridgehead atoms. The summed E-state index contributed by atoms with van der Waals surface area (Å²) in [6, 6.07) is 18.0. The Balaban J connectivity index is 1.95. The number of nitrogens with one attached hydrogen (secondary N) is 1. The minimum absolute atomic E-state index is 0.262. The topological polar surface area (TPSA) is 107 Å². The Kier molecular flexibility index (Phi) is 5.31. The molecule has 0 aliphatic heterocycles. The van der Waals surface area contributed by atoms with Gasteiger partial charge in [-0.15, -0.1) is 0 Å². The van der Waals surface area contributed by atoms with Gasteiger partial charge in [-0.3, -0.25) is 18.2 Å². The molecule has 3 N–H and O–H groups in total. The molecule has 8 heteroatoms. The van der Waals surface area contributed by atoms with Gasteiger partial charge in [-0.1, -0.05) is 24.3 Å². The molecule has 4 aromatic rings. The molecule has 1 atom stereocenters. The maximum Gasteiger partial charge on any atom is 0.248 e. The number of pyridine rings is 1. The highest BCUT2D eigenvalue weighted by molar-refractivity contribution is 7.99. The van der Waals surface area contributed by atoms with E-state index in [0.717, 1.165) is 11.1 Å². The predicted octanol–water partition coefficient (Wildman–Crippen LogP) is 3.43. The van der Waals surface area contributed by atoms with E-state index in [1.54, 1.807) is 30.5 Å². The zero-order valence-corrected chi connectivity index (χ0v) is 18.5. The van der Waals surface area contributed by atoms with Gasteiger partial charge in [0.2, 0.25) is 11.8 Å². The summed E-state index contributed by atoms with van der Waals surface area (Å²) < 4.78 is 14.3. The van der Waals surface area contributed by atoms with Crippen LogP contribution in [0.5, 0.6) is 0 Å². The molecule has 32 heavy (non-hydrogen) atoms. The van der Waals surface area contributed by atoms with E-state index in [1.807, 2.05) is 47.0 Å². The summed E-state index contributed by atoms with van der Waals surface area (Å²) in [4.78, 5) is 28.7. The van der Waals surface area contributed by atoms with E-state index in [2.05, 4.69) is 16.2 Å². The van der Waals surface area contributed by atoms with Crippen molar-refractivity contribution in [3.8, 4) is 22.4 Å². The Bertz CT molecular complexity index is 1490. The molecule has 162 valence electrons. The van der Waals surface area contributed by atoms with Gasteiger partial charge >= 0.3 is 0 Å². The first-order valence-corrected chi connectivity index (χ1v) is 11.9. The maximum atomic E-state index is 12.4. The third-order valence-electron chi connectivity index (χ3n) is 5.00. The average molecular weight is 447 g/mol. The van der Waals surface area contributed by atoms with Crippen LogP contribution in [-0.2, 0) is 14.3 Å². The molecule has 0 radical (unpaired) electrons. The van der Waals surface area contributed by atoms with Crippen molar-refractivity contribution in [3.05, 3.63) is 72.4 Å². The van der Waals surface area contributed by atoms with E-state index in [1.165, 1.54) is 6.92 Å². The average Bonchev–Trinajstić information content (AvgIpc) is 3.09. The molecule has 2 amide bonds. The van der Waals surface area contributed by atoms with Crippen LogP contribution in [0.4, 0.5) is 5.82 Å². The lowest BCUT2D eigenvalue weighted by atomic mass is 10.1. The van der Waals surface area contributed by atoms with Crippen molar-refractivity contribution in [1.29, 1.82) is 0 Å². The highest BCUT2D eigenvalue weighted by Crippen LogP contribution is 2.32. The van der Waals surface area contributed by atoms with Gasteiger partial charge in [-0.25, -0.2) is 4.98 Å². The molecule has 0 saturated carbocycles. The summed E-state index contributed by atoms with van der Waals surface area (Å²) >= 11 is 0. The van der Waals surface area contributed by atoms with Gasteiger partial charge in [0.1, 0.15) is 5.65 Å². The number of hydrogen-bond donors (Lipinski definition) is 2. The van der Waals surface area contributed by atoms with Crippen LogP contribution in [0.15, 0.2) is 71.8 Å². The summed E-state index contributed by atoms with van der Waals surface area (Å²) in [6.07, 6.45) is 3.49. The lowest BCUT2D eigenvalue weighted by Gasteiger charge is -2.10. The molecule has 1 unspecified atom stereocenters. The second-order valence-electron chi connectivity index (χ2n) is 7.61. The number of carbonyl (C=O) groups excluding carboxylic acids is 2. The molecular weight excluding hydrogens is 424 g/mol. The first-order chi connectivity index (χ1) is 15.1. The lowest BCUT2D eigenvalue weighted by Crippen LogP contribution is -2.11. The van der Waals surface area contributed by atoms with Crippen LogP contribution in [0, 0.1) is 0 Å². The summed E-state index contributed by atoms with van der Waals surface area (Å²) in [6.45, 7) is 1.41. The Morgan fingerprint density at radius 2 is 1.75 bits per heavy atom. The minimum Gasteiger partial charge on any atom is -0.366 e. The van der Waals surface area contributed by atoms with Crippen molar-refractivity contribution in [2.45, 2.75) is 11.8 Å². The standard InChI is InChI=1S/C24H22N4O3S/c1-15(29)26-24-22(17-7-4-8-18(12-17)23(25)30)28-14-19(10-11-21(28)27-24)16-6-5-9-20(13-16)32(2,3)31/h4-14H,2H2,1,3H3,(H2,25,30)(H,26,29). The third-order valence-corrected chi connectivity index (χ3v) is 6.25. The fraction of sp³-hybridized carbons (Fsp3) is 0.0833. The largest absolute Gasteiger partial charge is 0.366 e. The number of rotatable bonds is 5. The molecule has 0 fully saturated rings. The van der Waals surface area contributed by atoms with E-state index in [-0.39, 0.29) is 5.91 Å². The molecule has 2 heterocycles. The number of aromatic nitrogens is 2. The zero-order chi connectivity index (χ0) is 23.0. The Hall–Kier alpha value is -3.91. The van der Waals surface area contributed by atoms with Crippen molar-refractivity contribution < 1.29 is 13.8 Å². The number of carbonyl (C=O) groups is 2. The molecule has 0 aliphatic rings. The van der Waals surface area contributed by atoms with Gasteiger partial charge < -0.3 is 11.1 Å². The summed E-state index contributed by atoms with van der Waals surface area (Å²) in [5.41, 5.74) is 9.45. The fourth-order valence-electron chi connectivity index (χ4n) is 3.51. The monoisotopic (exact) mass is 446 g/mol. The number of hydrogen-bond acceptors (Lipinski definition) is 4. The second-order valence-corrected chi connectivity index (χ2v) is 10.1. The number of fused-ring (bicyclic) bond motifs is 1. The van der Waals surface area contributed by atoms with Crippen LogP contribution < -0.4 is 11.1 Å². The summed E-state index contributed by atoms with van der Waals surface area (Å²) in [7, 11) is -2.36. The number of primary amides is 1. The molecule has 0 saturated heterocycles. The minimum atomic E-state index is -2.36. The highest BCUT2D eigenvalue weighted by atomic mass is 32.2. The Morgan fingerprint density at radius 1 is 1.03 bits per heavy atom. The van der Waals surface area contributed by atoms with Gasteiger partial charge in [0, 0.05) is 35.4 Å². The highest BCUT2D eigenvalue weighted by Gasteiger charge is 2.17. The van der Waals surface area contributed by atoms with Gasteiger partial charge in [-0.2, -0.15) is 0 Å². The number of nitrogens with two attached hydrogens (primary N) is 1. The van der Waals surface area contributed by atoms with Gasteiger partial charge in [0.25, 0.3) is 0 Å². The van der Waals surface area contributed by atoms with E-state index in [0.29, 0.717) is 33.2 Å². The normalized spacial score (nSPS) is 12.9. The first-order valence-electron chi connectivity index (χ1n) is 9.76. The van der Waals surface area contributed by atoms with Gasteiger partial charge in [-0.05, 0) is 62.9 Å². The van der Waals surface area contributed by atoms with E-state index in [9.17, 15) is 13.8 Å². The van der Waals surface area contributed by atoms with E-state index >= 15 is 0 Å². The molecule has 7 nitrogen and oxygen atoms in total. The maximum absolute atomic E-state index is 12.4. The van der Waals surface area contributed by atoms with Gasteiger partial charge in [0.15, 0.2) is 5.82 Å². The van der Waals surface area contributed by atoms with Crippen LogP contribution in [0.2, 0.25) is 0 Å². The van der Waals surface area contributed by atoms with Crippen LogP contribution in [0.3, 0.4) is 0 Å². The number of benzene rings is 2. The number of nitrogens with zero attached hydrogens (tertiary/aromatic N) is 2. The third kappa shape index (κ3) is 4.13. The van der Waals surface area contributed by atoms with E-state index in [4.69, 9.17) is 5.73 Å². The number of imidazole rings is 1. The molecule has 4 rings (SSSR count). The van der Waals surface area contributed by atoms with Crippen molar-refractivity contribution >= 4 is 38.7 Å². The van der Waals surface area contributed by atoms with Crippen molar-refractivity contribution in [2.24, 2.45) is 5.73 Å². The number of amides is 2. The molecule has 2 aromatic heterocycles. The smallest absolute Gasteiger partial charge is 0.248 e. The first kappa shape index (κ1) is 21.3. The van der Waals surface area contributed by atoms with Gasteiger partial charge in [0.05, 0.1) is 5.69 Å². The lowest BCUT2D eigenvalue weighted by molar-refractivity contribution is -0.114. The molecule has 2 aromatic carbocycles. The van der Waals surface area contributed by atoms with E-state index < -0.39 is 15.4 Å². The Morgan fingerprint density at radius 3 is 2.44 bits per heavy atom. The van der Waals surface area contributed by atoms with Crippen molar-refractivity contribution in [3.63, 3.8) is 0 Å². The quantitative estimate of drug-likeness (QED) is 0.458. The molecular formula is C24H22N4O3S. The van der Waals surface area contributed by atoms with Crippen molar-refractivity contribution in [2.75, 3.05) is 11.6 Å². The van der Waals surface area contributed by atoms with Crippen LogP contribution in [-0.4, -0.2) is 37.5 Å². The zero-order valence-electron chi connectivity index (χ0n) is 17.7. The second kappa shape index (κ2) is 7.97. The SMILES string of the molecule is C=S(C)(=O)c1cccc(-c2ccc3nc(NC(C)=O)c(-c4cccc(C(N)=O)c4)n3c2)c1. The fourth-order valence-corrected chi connectivity index (χ4v) is 4.25. The predicted molar refractivity (Wildman–Crippen MR) is 128 cm³/mol. The van der Waals surface area contributed by atoms with Crippen molar-refractivity contribution in [1.82, 2.24) is 9.38 Å².